The van der Waals surface area contributed by atoms with Crippen molar-refractivity contribution >= 4 is 31.9 Å². The molecule has 1 saturated carbocycles. The molecule has 0 spiro atoms. The van der Waals surface area contributed by atoms with E-state index in [9.17, 15) is 0 Å². The second-order valence-electron chi connectivity index (χ2n) is 4.32. The van der Waals surface area contributed by atoms with Crippen LogP contribution in [0.5, 0.6) is 5.75 Å². The molecule has 2 aliphatic rings. The smallest absolute Gasteiger partial charge is 0.127 e. The SMILES string of the molecule is Brc1cc2c(c(C(Br)C3CC3)c1)OCC2. The molecule has 15 heavy (non-hydrogen) atoms. The van der Waals surface area contributed by atoms with Gasteiger partial charge >= 0.3 is 0 Å². The highest BCUT2D eigenvalue weighted by atomic mass is 79.9. The molecular weight excluding hydrogens is 320 g/mol. The Balaban J connectivity index is 2.05. The summed E-state index contributed by atoms with van der Waals surface area (Å²) in [6, 6.07) is 4.38. The first kappa shape index (κ1) is 10.2. The topological polar surface area (TPSA) is 9.23 Å². The number of halogens is 2. The maximum absolute atomic E-state index is 5.73. The molecule has 0 amide bonds. The lowest BCUT2D eigenvalue weighted by Gasteiger charge is -2.14. The van der Waals surface area contributed by atoms with Gasteiger partial charge in [0, 0.05) is 21.3 Å². The minimum Gasteiger partial charge on any atom is -0.493 e. The predicted octanol–water partition coefficient (Wildman–Crippen LogP) is 4.23. The summed E-state index contributed by atoms with van der Waals surface area (Å²) in [5.41, 5.74) is 2.68. The number of rotatable bonds is 2. The predicted molar refractivity (Wildman–Crippen MR) is 67.7 cm³/mol. The normalized spacial score (nSPS) is 20.9. The maximum atomic E-state index is 5.73. The number of ether oxygens (including phenoxy) is 1. The molecule has 0 bridgehead atoms. The Morgan fingerprint density at radius 1 is 1.33 bits per heavy atom. The molecule has 1 atom stereocenters. The summed E-state index contributed by atoms with van der Waals surface area (Å²) < 4.78 is 6.91. The van der Waals surface area contributed by atoms with Crippen molar-refractivity contribution in [1.29, 1.82) is 0 Å². The molecule has 1 nitrogen and oxygen atoms in total. The fourth-order valence-electron chi connectivity index (χ4n) is 2.15. The van der Waals surface area contributed by atoms with Gasteiger partial charge in [0.15, 0.2) is 0 Å². The van der Waals surface area contributed by atoms with E-state index in [1.807, 2.05) is 0 Å². The van der Waals surface area contributed by atoms with Crippen LogP contribution < -0.4 is 4.74 Å². The van der Waals surface area contributed by atoms with E-state index in [1.165, 1.54) is 28.4 Å². The third-order valence-corrected chi connectivity index (χ3v) is 4.81. The van der Waals surface area contributed by atoms with Crippen LogP contribution in [0.1, 0.15) is 28.8 Å². The summed E-state index contributed by atoms with van der Waals surface area (Å²) in [4.78, 5) is 0.474. The zero-order valence-electron chi connectivity index (χ0n) is 8.30. The summed E-state index contributed by atoms with van der Waals surface area (Å²) in [5.74, 6) is 1.94. The van der Waals surface area contributed by atoms with Gasteiger partial charge in [0.05, 0.1) is 6.61 Å². The van der Waals surface area contributed by atoms with Crippen molar-refractivity contribution < 1.29 is 4.74 Å². The summed E-state index contributed by atoms with van der Waals surface area (Å²) in [5, 5.41) is 0. The van der Waals surface area contributed by atoms with Gasteiger partial charge in [-0.15, -0.1) is 0 Å². The van der Waals surface area contributed by atoms with Crippen molar-refractivity contribution in [2.24, 2.45) is 5.92 Å². The van der Waals surface area contributed by atoms with Crippen LogP contribution in [0.2, 0.25) is 0 Å². The van der Waals surface area contributed by atoms with Crippen molar-refractivity contribution in [3.8, 4) is 5.75 Å². The van der Waals surface area contributed by atoms with E-state index in [4.69, 9.17) is 4.74 Å². The molecule has 1 fully saturated rings. The molecular formula is C12H12Br2O. The lowest BCUT2D eigenvalue weighted by atomic mass is 10.0. The van der Waals surface area contributed by atoms with E-state index >= 15 is 0 Å². The van der Waals surface area contributed by atoms with Crippen LogP contribution in [0.25, 0.3) is 0 Å². The number of hydrogen-bond acceptors (Lipinski definition) is 1. The van der Waals surface area contributed by atoms with Crippen molar-refractivity contribution in [3.63, 3.8) is 0 Å². The van der Waals surface area contributed by atoms with Crippen LogP contribution in [0.4, 0.5) is 0 Å². The van der Waals surface area contributed by atoms with Crippen LogP contribution >= 0.6 is 31.9 Å². The van der Waals surface area contributed by atoms with Gasteiger partial charge in [-0.2, -0.15) is 0 Å². The van der Waals surface area contributed by atoms with Gasteiger partial charge in [0.1, 0.15) is 5.75 Å². The summed E-state index contributed by atoms with van der Waals surface area (Å²) in [7, 11) is 0. The highest BCUT2D eigenvalue weighted by Crippen LogP contribution is 2.50. The summed E-state index contributed by atoms with van der Waals surface area (Å²) in [6.45, 7) is 0.836. The van der Waals surface area contributed by atoms with E-state index in [1.54, 1.807) is 0 Å². The lowest BCUT2D eigenvalue weighted by molar-refractivity contribution is 0.352. The van der Waals surface area contributed by atoms with Gasteiger partial charge in [-0.1, -0.05) is 31.9 Å². The fraction of sp³-hybridized carbons (Fsp3) is 0.500. The van der Waals surface area contributed by atoms with Gasteiger partial charge in [-0.05, 0) is 36.5 Å². The molecule has 0 saturated heterocycles. The molecule has 3 heteroatoms. The molecule has 1 heterocycles. The molecule has 0 aromatic heterocycles. The van der Waals surface area contributed by atoms with Crippen molar-refractivity contribution in [3.05, 3.63) is 27.7 Å². The maximum Gasteiger partial charge on any atom is 0.127 e. The third kappa shape index (κ3) is 1.84. The van der Waals surface area contributed by atoms with Gasteiger partial charge in [0.25, 0.3) is 0 Å². The molecule has 0 radical (unpaired) electrons. The lowest BCUT2D eigenvalue weighted by Crippen LogP contribution is -1.96. The average molecular weight is 332 g/mol. The fourth-order valence-corrected chi connectivity index (χ4v) is 3.54. The second kappa shape index (κ2) is 3.77. The Bertz CT molecular complexity index is 399. The molecule has 1 aromatic rings. The highest BCUT2D eigenvalue weighted by Gasteiger charge is 2.33. The van der Waals surface area contributed by atoms with Crippen molar-refractivity contribution in [1.82, 2.24) is 0 Å². The molecule has 1 unspecified atom stereocenters. The molecule has 1 aromatic carbocycles. The molecule has 3 rings (SSSR count). The average Bonchev–Trinajstić information content (AvgIpc) is 2.96. The third-order valence-electron chi connectivity index (χ3n) is 3.11. The monoisotopic (exact) mass is 330 g/mol. The van der Waals surface area contributed by atoms with Crippen LogP contribution in [0.15, 0.2) is 16.6 Å². The Morgan fingerprint density at radius 2 is 2.13 bits per heavy atom. The van der Waals surface area contributed by atoms with E-state index < -0.39 is 0 Å². The largest absolute Gasteiger partial charge is 0.493 e. The van der Waals surface area contributed by atoms with E-state index in [-0.39, 0.29) is 0 Å². The standard InChI is InChI=1S/C12H12Br2O/c13-9-5-8-3-4-15-12(8)10(6-9)11(14)7-1-2-7/h5-7,11H,1-4H2. The summed E-state index contributed by atoms with van der Waals surface area (Å²) in [6.07, 6.45) is 3.74. The van der Waals surface area contributed by atoms with E-state index in [0.717, 1.165) is 24.7 Å². The van der Waals surface area contributed by atoms with Gasteiger partial charge in [-0.3, -0.25) is 0 Å². The van der Waals surface area contributed by atoms with E-state index in [0.29, 0.717) is 4.83 Å². The quantitative estimate of drug-likeness (QED) is 0.737. The minimum atomic E-state index is 0.474. The van der Waals surface area contributed by atoms with Crippen LogP contribution in [-0.4, -0.2) is 6.61 Å². The van der Waals surface area contributed by atoms with Crippen molar-refractivity contribution in [2.45, 2.75) is 24.1 Å². The minimum absolute atomic E-state index is 0.474. The Hall–Kier alpha value is -0.0200. The van der Waals surface area contributed by atoms with Gasteiger partial charge < -0.3 is 4.74 Å². The molecule has 1 aliphatic heterocycles. The summed E-state index contributed by atoms with van der Waals surface area (Å²) >= 11 is 7.38. The first-order valence-corrected chi connectivity index (χ1v) is 7.06. The number of hydrogen-bond donors (Lipinski definition) is 0. The van der Waals surface area contributed by atoms with Crippen LogP contribution in [0, 0.1) is 5.92 Å². The van der Waals surface area contributed by atoms with Crippen LogP contribution in [-0.2, 0) is 6.42 Å². The van der Waals surface area contributed by atoms with Gasteiger partial charge in [0.2, 0.25) is 0 Å². The molecule has 80 valence electrons. The Kier molecular flexibility index (Phi) is 2.56. The first-order chi connectivity index (χ1) is 7.25. The first-order valence-electron chi connectivity index (χ1n) is 5.35. The van der Waals surface area contributed by atoms with Crippen LogP contribution in [0.3, 0.4) is 0 Å². The highest BCUT2D eigenvalue weighted by molar-refractivity contribution is 9.10. The zero-order chi connectivity index (χ0) is 10.4. The molecule has 0 N–H and O–H groups in total. The number of fused-ring (bicyclic) bond motifs is 1. The van der Waals surface area contributed by atoms with Crippen molar-refractivity contribution in [2.75, 3.05) is 6.61 Å². The number of benzene rings is 1. The molecule has 1 aliphatic carbocycles. The Morgan fingerprint density at radius 3 is 2.87 bits per heavy atom. The van der Waals surface area contributed by atoms with E-state index in [2.05, 4.69) is 44.0 Å². The second-order valence-corrected chi connectivity index (χ2v) is 6.22. The van der Waals surface area contributed by atoms with Gasteiger partial charge in [-0.25, -0.2) is 0 Å². The number of alkyl halides is 1. The zero-order valence-corrected chi connectivity index (χ0v) is 11.5. The Labute approximate surface area is 106 Å².